The SMILES string of the molecule is O=C(O)C(Cc1ccccc1)N(F)[10B](O)O. The summed E-state index contributed by atoms with van der Waals surface area (Å²) < 4.78 is 13.1. The predicted molar refractivity (Wildman–Crippen MR) is 54.7 cm³/mol. The summed E-state index contributed by atoms with van der Waals surface area (Å²) in [6.45, 7) is 0. The van der Waals surface area contributed by atoms with Gasteiger partial charge in [0, 0.05) is 6.42 Å². The summed E-state index contributed by atoms with van der Waals surface area (Å²) in [4.78, 5) is 10.7. The quantitative estimate of drug-likeness (QED) is 0.480. The van der Waals surface area contributed by atoms with Crippen LogP contribution in [0.25, 0.3) is 0 Å². The van der Waals surface area contributed by atoms with Gasteiger partial charge in [-0.1, -0.05) is 30.3 Å². The van der Waals surface area contributed by atoms with Crippen LogP contribution in [0, 0.1) is 0 Å². The van der Waals surface area contributed by atoms with Crippen LogP contribution in [0.15, 0.2) is 30.3 Å². The molecule has 0 saturated carbocycles. The van der Waals surface area contributed by atoms with Crippen LogP contribution >= 0.6 is 0 Å². The molecule has 5 nitrogen and oxygen atoms in total. The molecule has 0 spiro atoms. The van der Waals surface area contributed by atoms with Crippen molar-refractivity contribution in [3.05, 3.63) is 35.9 Å². The number of carboxylic acids is 1. The largest absolute Gasteiger partial charge is 0.582 e. The van der Waals surface area contributed by atoms with Crippen molar-refractivity contribution in [1.82, 2.24) is 5.03 Å². The summed E-state index contributed by atoms with van der Waals surface area (Å²) in [6.07, 6.45) is -0.149. The molecule has 0 aliphatic heterocycles. The summed E-state index contributed by atoms with van der Waals surface area (Å²) in [7, 11) is -2.44. The van der Waals surface area contributed by atoms with Gasteiger partial charge in [-0.15, -0.1) is 9.51 Å². The van der Waals surface area contributed by atoms with Crippen LogP contribution in [0.5, 0.6) is 0 Å². The van der Waals surface area contributed by atoms with Crippen molar-refractivity contribution >= 4 is 13.2 Å². The molecule has 0 aromatic heterocycles. The molecule has 1 aromatic carbocycles. The average molecular weight is 226 g/mol. The summed E-state index contributed by atoms with van der Waals surface area (Å²) in [5.74, 6) is -1.46. The second-order valence-electron chi connectivity index (χ2n) is 3.23. The minimum absolute atomic E-state index is 0.149. The minimum atomic E-state index is -2.44. The molecule has 0 fully saturated rings. The first-order chi connectivity index (χ1) is 7.52. The Hall–Kier alpha value is -1.44. The topological polar surface area (TPSA) is 81.0 Å². The number of hydrogen-bond donors (Lipinski definition) is 3. The van der Waals surface area contributed by atoms with Gasteiger partial charge in [0.15, 0.2) is 0 Å². The highest BCUT2D eigenvalue weighted by molar-refractivity contribution is 6.37. The van der Waals surface area contributed by atoms with E-state index in [4.69, 9.17) is 15.2 Å². The highest BCUT2D eigenvalue weighted by Crippen LogP contribution is 2.10. The third-order valence-corrected chi connectivity index (χ3v) is 2.08. The van der Waals surface area contributed by atoms with Crippen molar-refractivity contribution in [2.45, 2.75) is 12.5 Å². The van der Waals surface area contributed by atoms with Crippen LogP contribution < -0.4 is 0 Å². The van der Waals surface area contributed by atoms with Crippen molar-refractivity contribution in [2.24, 2.45) is 0 Å². The fourth-order valence-electron chi connectivity index (χ4n) is 1.28. The van der Waals surface area contributed by atoms with E-state index in [9.17, 15) is 9.28 Å². The monoisotopic (exact) mass is 226 g/mol. The predicted octanol–water partition coefficient (Wildman–Crippen LogP) is -0.162. The van der Waals surface area contributed by atoms with Gasteiger partial charge in [-0.05, 0) is 5.56 Å². The molecule has 1 aromatic rings. The van der Waals surface area contributed by atoms with Gasteiger partial charge in [-0.25, -0.2) is 0 Å². The first-order valence-corrected chi connectivity index (χ1v) is 4.59. The van der Waals surface area contributed by atoms with Gasteiger partial charge in [0.25, 0.3) is 0 Å². The fourth-order valence-corrected chi connectivity index (χ4v) is 1.28. The highest BCUT2D eigenvalue weighted by Gasteiger charge is 2.34. The molecular formula is C9H11BFNO4. The Kier molecular flexibility index (Phi) is 4.42. The third-order valence-electron chi connectivity index (χ3n) is 2.08. The first kappa shape index (κ1) is 12.6. The average Bonchev–Trinajstić information content (AvgIpc) is 2.26. The van der Waals surface area contributed by atoms with Crippen LogP contribution in [-0.2, 0) is 11.2 Å². The maximum absolute atomic E-state index is 13.1. The summed E-state index contributed by atoms with van der Waals surface area (Å²) in [5, 5.41) is 25.4. The molecule has 0 saturated heterocycles. The normalized spacial score (nSPS) is 12.5. The lowest BCUT2D eigenvalue weighted by Gasteiger charge is -2.18. The van der Waals surface area contributed by atoms with E-state index in [1.165, 1.54) is 0 Å². The zero-order valence-electron chi connectivity index (χ0n) is 8.32. The van der Waals surface area contributed by atoms with Crippen LogP contribution in [0.4, 0.5) is 4.48 Å². The molecule has 0 radical (unpaired) electrons. The summed E-state index contributed by atoms with van der Waals surface area (Å²) in [5.41, 5.74) is 0.596. The molecular weight excluding hydrogens is 215 g/mol. The van der Waals surface area contributed by atoms with Gasteiger partial charge >= 0.3 is 13.2 Å². The number of nitrogens with zero attached hydrogens (tertiary/aromatic N) is 1. The Morgan fingerprint density at radius 1 is 1.38 bits per heavy atom. The molecule has 7 heteroatoms. The second kappa shape index (κ2) is 5.59. The van der Waals surface area contributed by atoms with Gasteiger partial charge in [-0.2, -0.15) is 0 Å². The van der Waals surface area contributed by atoms with Gasteiger partial charge in [0.2, 0.25) is 0 Å². The van der Waals surface area contributed by atoms with Crippen molar-refractivity contribution in [2.75, 3.05) is 0 Å². The number of rotatable bonds is 5. The maximum Gasteiger partial charge on any atom is 0.582 e. The fraction of sp³-hybridized carbons (Fsp3) is 0.222. The first-order valence-electron chi connectivity index (χ1n) is 4.59. The van der Waals surface area contributed by atoms with Crippen LogP contribution in [0.2, 0.25) is 0 Å². The van der Waals surface area contributed by atoms with Gasteiger partial charge in [-0.3, -0.25) is 4.79 Å². The lowest BCUT2D eigenvalue weighted by Crippen LogP contribution is -2.46. The molecule has 1 unspecified atom stereocenters. The van der Waals surface area contributed by atoms with E-state index < -0.39 is 24.3 Å². The molecule has 0 heterocycles. The number of hydrogen-bond acceptors (Lipinski definition) is 4. The van der Waals surface area contributed by atoms with Crippen LogP contribution in [-0.4, -0.2) is 39.5 Å². The van der Waals surface area contributed by atoms with Crippen molar-refractivity contribution in [3.8, 4) is 0 Å². The van der Waals surface area contributed by atoms with E-state index in [0.717, 1.165) is 0 Å². The van der Waals surface area contributed by atoms with Gasteiger partial charge in [0.05, 0.1) is 0 Å². The summed E-state index contributed by atoms with van der Waals surface area (Å²) in [6, 6.07) is 6.76. The number of benzene rings is 1. The molecule has 0 bridgehead atoms. The Balaban J connectivity index is 2.77. The number of carboxylic acid groups (broad SMARTS) is 1. The minimum Gasteiger partial charge on any atom is -0.480 e. The Bertz CT molecular complexity index is 349. The van der Waals surface area contributed by atoms with Crippen LogP contribution in [0.1, 0.15) is 5.56 Å². The Morgan fingerprint density at radius 3 is 2.38 bits per heavy atom. The lowest BCUT2D eigenvalue weighted by molar-refractivity contribution is -0.147. The van der Waals surface area contributed by atoms with E-state index in [1.807, 2.05) is 0 Å². The molecule has 0 aliphatic carbocycles. The van der Waals surface area contributed by atoms with Crippen molar-refractivity contribution in [3.63, 3.8) is 0 Å². The Morgan fingerprint density at radius 2 is 1.94 bits per heavy atom. The van der Waals surface area contributed by atoms with E-state index in [1.54, 1.807) is 30.3 Å². The molecule has 16 heavy (non-hydrogen) atoms. The van der Waals surface area contributed by atoms with Crippen molar-refractivity contribution < 1.29 is 24.4 Å². The molecule has 1 atom stereocenters. The van der Waals surface area contributed by atoms with Crippen molar-refractivity contribution in [1.29, 1.82) is 0 Å². The van der Waals surface area contributed by atoms with Gasteiger partial charge in [0.1, 0.15) is 6.04 Å². The molecule has 0 amide bonds. The van der Waals surface area contributed by atoms with Crippen LogP contribution in [0.3, 0.4) is 0 Å². The highest BCUT2D eigenvalue weighted by atomic mass is 19.2. The third kappa shape index (κ3) is 3.30. The Labute approximate surface area is 91.8 Å². The summed E-state index contributed by atoms with van der Waals surface area (Å²) >= 11 is 0. The number of halogens is 1. The van der Waals surface area contributed by atoms with E-state index in [2.05, 4.69) is 0 Å². The van der Waals surface area contributed by atoms with E-state index in [-0.39, 0.29) is 6.42 Å². The lowest BCUT2D eigenvalue weighted by atomic mass is 9.45. The zero-order valence-corrected chi connectivity index (χ0v) is 8.32. The molecule has 3 N–H and O–H groups in total. The molecule has 1 rings (SSSR count). The number of carbonyl (C=O) groups is 1. The standard InChI is InChI=1S/C9H11BFNO4/c11-12(10(15)16)8(9(13)14)6-7-4-2-1-3-5-7/h1-5,8,15-16H,6H2,(H,13,14)/i10-1. The zero-order chi connectivity index (χ0) is 12.1. The smallest absolute Gasteiger partial charge is 0.480 e. The molecule has 86 valence electrons. The number of aliphatic carboxylic acids is 1. The second-order valence-corrected chi connectivity index (χ2v) is 3.23. The van der Waals surface area contributed by atoms with Gasteiger partial charge < -0.3 is 15.2 Å². The van der Waals surface area contributed by atoms with E-state index in [0.29, 0.717) is 5.56 Å². The van der Waals surface area contributed by atoms with E-state index >= 15 is 0 Å². The maximum atomic E-state index is 13.1. The molecule has 0 aliphatic rings.